The van der Waals surface area contributed by atoms with Crippen LogP contribution in [0.4, 0.5) is 0 Å². The third-order valence-electron chi connectivity index (χ3n) is 9.52. The first-order chi connectivity index (χ1) is 25.7. The highest BCUT2D eigenvalue weighted by atomic mass is 32.2. The number of fused-ring (bicyclic) bond motifs is 1. The van der Waals surface area contributed by atoms with Gasteiger partial charge in [0.15, 0.2) is 0 Å². The van der Waals surface area contributed by atoms with Gasteiger partial charge in [-0.1, -0.05) is 51.1 Å². The number of aliphatic hydroxyl groups is 1. The lowest BCUT2D eigenvalue weighted by Crippen LogP contribution is -2.57. The minimum atomic E-state index is -4.33. The number of carbonyl (C=O) groups excluding carboxylic acids is 3. The number of carbonyl (C=O) groups is 3. The van der Waals surface area contributed by atoms with Crippen LogP contribution in [0.3, 0.4) is 0 Å². The number of sulfonamides is 1. The molecule has 0 unspecified atom stereocenters. The van der Waals surface area contributed by atoms with Gasteiger partial charge in [-0.2, -0.15) is 0 Å². The zero-order valence-corrected chi connectivity index (χ0v) is 32.1. The number of ether oxygens (including phenoxy) is 1. The van der Waals surface area contributed by atoms with Crippen molar-refractivity contribution in [2.45, 2.75) is 61.6 Å². The van der Waals surface area contributed by atoms with E-state index in [-0.39, 0.29) is 29.5 Å². The molecule has 1 aliphatic heterocycles. The number of aromatic nitrogens is 3. The molecule has 13 nitrogen and oxygen atoms in total. The van der Waals surface area contributed by atoms with Crippen LogP contribution in [0, 0.1) is 11.3 Å². The van der Waals surface area contributed by atoms with Crippen LogP contribution < -0.4 is 14.8 Å². The van der Waals surface area contributed by atoms with Crippen molar-refractivity contribution in [3.8, 4) is 27.0 Å². The molecular weight excluding hydrogens is 749 g/mol. The minimum absolute atomic E-state index is 0.00687. The molecule has 3 amide bonds. The van der Waals surface area contributed by atoms with Gasteiger partial charge in [-0.05, 0) is 59.7 Å². The molecule has 1 saturated heterocycles. The summed E-state index contributed by atoms with van der Waals surface area (Å²) < 4.78 is 35.4. The second-order valence-corrected chi connectivity index (χ2v) is 18.3. The topological polar surface area (TPSA) is 181 Å². The number of nitrogens with zero attached hydrogens (tertiary/aromatic N) is 4. The molecule has 2 aliphatic rings. The van der Waals surface area contributed by atoms with Crippen LogP contribution in [-0.4, -0.2) is 81.4 Å². The zero-order valence-electron chi connectivity index (χ0n) is 29.6. The van der Waals surface area contributed by atoms with E-state index >= 15 is 0 Å². The number of amides is 3. The van der Waals surface area contributed by atoms with Gasteiger partial charge in [0.05, 0.1) is 33.0 Å². The number of likely N-dealkylation sites (tertiary alicyclic amines) is 1. The highest BCUT2D eigenvalue weighted by Crippen LogP contribution is 2.45. The minimum Gasteiger partial charge on any atom is -0.471 e. The largest absolute Gasteiger partial charge is 0.471 e. The highest BCUT2D eigenvalue weighted by Gasteiger charge is 2.61. The molecule has 1 saturated carbocycles. The number of thiophene rings is 2. The van der Waals surface area contributed by atoms with Crippen molar-refractivity contribution < 1.29 is 32.6 Å². The Morgan fingerprint density at radius 3 is 2.43 bits per heavy atom. The average molecular weight is 787 g/mol. The van der Waals surface area contributed by atoms with Gasteiger partial charge in [-0.15, -0.1) is 29.3 Å². The Labute approximate surface area is 320 Å². The number of benzene rings is 1. The molecule has 54 heavy (non-hydrogen) atoms. The molecule has 1 aromatic carbocycles. The Hall–Kier alpha value is -5.03. The summed E-state index contributed by atoms with van der Waals surface area (Å²) in [6, 6.07) is 18.2. The summed E-state index contributed by atoms with van der Waals surface area (Å²) in [5.74, 6) is -2.68. The van der Waals surface area contributed by atoms with Crippen molar-refractivity contribution in [1.29, 1.82) is 0 Å². The molecule has 1 aliphatic carbocycles. The Bertz CT molecular complexity index is 2340. The van der Waals surface area contributed by atoms with Crippen LogP contribution in [0.25, 0.3) is 32.2 Å². The summed E-state index contributed by atoms with van der Waals surface area (Å²) in [7, 11) is -4.33. The number of para-hydroxylation sites is 2. The Morgan fingerprint density at radius 1 is 1.04 bits per heavy atom. The number of nitrogens with one attached hydrogen (secondary N) is 2. The van der Waals surface area contributed by atoms with E-state index in [1.54, 1.807) is 51.2 Å². The molecular formula is C38H38N6O7S3. The van der Waals surface area contributed by atoms with E-state index in [0.29, 0.717) is 27.3 Å². The van der Waals surface area contributed by atoms with Crippen molar-refractivity contribution in [2.24, 2.45) is 11.3 Å². The number of aliphatic hydroxyl groups excluding tert-OH is 1. The van der Waals surface area contributed by atoms with E-state index in [1.165, 1.54) is 28.4 Å². The predicted molar refractivity (Wildman–Crippen MR) is 205 cm³/mol. The van der Waals surface area contributed by atoms with Crippen LogP contribution in [-0.2, 0) is 24.4 Å². The van der Waals surface area contributed by atoms with Crippen molar-refractivity contribution in [3.05, 3.63) is 91.0 Å². The second-order valence-electron chi connectivity index (χ2n) is 14.4. The lowest BCUT2D eigenvalue weighted by molar-refractivity contribution is -0.150. The lowest BCUT2D eigenvalue weighted by Gasteiger charge is -2.32. The fraction of sp³-hybridized carbons (Fsp3) is 0.316. The van der Waals surface area contributed by atoms with E-state index in [9.17, 15) is 27.9 Å². The summed E-state index contributed by atoms with van der Waals surface area (Å²) in [4.78, 5) is 58.4. The number of pyridine rings is 1. The van der Waals surface area contributed by atoms with Crippen LogP contribution in [0.5, 0.6) is 5.88 Å². The first-order valence-electron chi connectivity index (χ1n) is 17.2. The van der Waals surface area contributed by atoms with Gasteiger partial charge in [0.2, 0.25) is 11.8 Å². The van der Waals surface area contributed by atoms with E-state index in [0.717, 1.165) is 16.2 Å². The molecule has 16 heteroatoms. The molecule has 3 N–H and O–H groups in total. The summed E-state index contributed by atoms with van der Waals surface area (Å²) in [5, 5.41) is 15.7. The molecule has 0 bridgehead atoms. The van der Waals surface area contributed by atoms with E-state index in [1.807, 2.05) is 41.8 Å². The maximum absolute atomic E-state index is 14.2. The third kappa shape index (κ3) is 7.25. The van der Waals surface area contributed by atoms with E-state index in [2.05, 4.69) is 21.6 Å². The SMILES string of the molecule is C=C[C@@H]1C[C@]1(NC(=O)[C@@H]1C[C@@H](Oc2nc3ccccc3nc2-c2cccs2)CN1C(=O)[C@@H](O)C(C)(C)C)C(=O)NS(=O)(=O)c1ccc(-c2ccccn2)s1. The van der Waals surface area contributed by atoms with Gasteiger partial charge < -0.3 is 20.1 Å². The summed E-state index contributed by atoms with van der Waals surface area (Å²) in [6.07, 6.45) is 0.950. The van der Waals surface area contributed by atoms with Gasteiger partial charge >= 0.3 is 0 Å². The lowest BCUT2D eigenvalue weighted by atomic mass is 9.88. The first-order valence-corrected chi connectivity index (χ1v) is 20.4. The number of rotatable bonds is 11. The highest BCUT2D eigenvalue weighted by molar-refractivity contribution is 7.92. The van der Waals surface area contributed by atoms with Crippen molar-refractivity contribution in [1.82, 2.24) is 29.9 Å². The molecule has 4 aromatic heterocycles. The standard InChI is InChI=1S/C38H38N6O7S3/c1-5-22-20-38(22,36(48)43-54(49,50)30-16-15-28(53-30)26-13-8-9-17-39-26)42-33(46)27-19-23(21-44(27)35(47)32(45)37(2,3)4)51-34-31(29-14-10-18-52-29)40-24-11-6-7-12-25(24)41-34/h5-18,22-23,27,32,45H,1,19-21H2,2-4H3,(H,42,46)(H,43,48)/t22-,23-,27+,32-,38-/m1/s1. The van der Waals surface area contributed by atoms with Gasteiger partial charge in [0, 0.05) is 18.5 Å². The Balaban J connectivity index is 1.14. The van der Waals surface area contributed by atoms with Crippen LogP contribution in [0.1, 0.15) is 33.6 Å². The predicted octanol–water partition coefficient (Wildman–Crippen LogP) is 4.80. The van der Waals surface area contributed by atoms with Crippen molar-refractivity contribution in [3.63, 3.8) is 0 Å². The van der Waals surface area contributed by atoms with Gasteiger partial charge in [0.25, 0.3) is 21.8 Å². The van der Waals surface area contributed by atoms with E-state index in [4.69, 9.17) is 14.7 Å². The third-order valence-corrected chi connectivity index (χ3v) is 13.3. The zero-order chi connectivity index (χ0) is 38.4. The fourth-order valence-corrected chi connectivity index (χ4v) is 9.44. The maximum Gasteiger partial charge on any atom is 0.273 e. The van der Waals surface area contributed by atoms with Crippen molar-refractivity contribution in [2.75, 3.05) is 6.54 Å². The quantitative estimate of drug-likeness (QED) is 0.157. The maximum atomic E-state index is 14.2. The number of hydrogen-bond donors (Lipinski definition) is 3. The Kier molecular flexibility index (Phi) is 9.89. The van der Waals surface area contributed by atoms with Gasteiger partial charge in [-0.25, -0.2) is 23.1 Å². The molecule has 7 rings (SSSR count). The summed E-state index contributed by atoms with van der Waals surface area (Å²) in [5.41, 5.74) is -0.144. The summed E-state index contributed by atoms with van der Waals surface area (Å²) >= 11 is 2.41. The first kappa shape index (κ1) is 37.3. The molecule has 5 atom stereocenters. The molecule has 5 heterocycles. The molecule has 0 spiro atoms. The monoisotopic (exact) mass is 786 g/mol. The van der Waals surface area contributed by atoms with E-state index < -0.39 is 62.9 Å². The number of hydrogen-bond acceptors (Lipinski definition) is 12. The van der Waals surface area contributed by atoms with Crippen LogP contribution in [0.2, 0.25) is 0 Å². The fourth-order valence-electron chi connectivity index (χ4n) is 6.41. The molecule has 280 valence electrons. The van der Waals surface area contributed by atoms with Gasteiger partial charge in [-0.3, -0.25) is 19.4 Å². The van der Waals surface area contributed by atoms with Gasteiger partial charge in [0.1, 0.15) is 33.7 Å². The molecule has 0 radical (unpaired) electrons. The average Bonchev–Trinajstić information content (AvgIpc) is 3.63. The molecule has 2 fully saturated rings. The Morgan fingerprint density at radius 2 is 1.78 bits per heavy atom. The smallest absolute Gasteiger partial charge is 0.273 e. The second kappa shape index (κ2) is 14.3. The molecule has 5 aromatic rings. The van der Waals surface area contributed by atoms with Crippen molar-refractivity contribution >= 4 is 61.5 Å². The normalized spacial score (nSPS) is 21.7. The van der Waals surface area contributed by atoms with Crippen LogP contribution in [0.15, 0.2) is 95.2 Å². The van der Waals surface area contributed by atoms with Crippen LogP contribution >= 0.6 is 22.7 Å². The summed E-state index contributed by atoms with van der Waals surface area (Å²) in [6.45, 7) is 8.83.